The lowest BCUT2D eigenvalue weighted by molar-refractivity contribution is -0.127. The number of carbonyl (C=O) groups excluding carboxylic acids is 1. The number of nitrogens with one attached hydrogen (secondary N) is 1. The molecular weight excluding hydrogens is 266 g/mol. The maximum Gasteiger partial charge on any atom is 0.260 e. The van der Waals surface area contributed by atoms with Crippen LogP contribution in [0.3, 0.4) is 0 Å². The average molecular weight is 287 g/mol. The van der Waals surface area contributed by atoms with Crippen molar-refractivity contribution in [3.8, 4) is 5.75 Å². The van der Waals surface area contributed by atoms with Gasteiger partial charge in [0.25, 0.3) is 5.91 Å². The number of hydrogen-bond acceptors (Lipinski definition) is 3. The van der Waals surface area contributed by atoms with Gasteiger partial charge in [-0.1, -0.05) is 30.3 Å². The van der Waals surface area contributed by atoms with E-state index in [0.29, 0.717) is 18.9 Å². The summed E-state index contributed by atoms with van der Waals surface area (Å²) in [6.07, 6.45) is 0.277. The van der Waals surface area contributed by atoms with Gasteiger partial charge in [0, 0.05) is 20.3 Å². The SMILES string of the molecule is COCCCNC(=O)[C@H](C)Oc1ccc2ccccc2c1. The van der Waals surface area contributed by atoms with E-state index < -0.39 is 6.10 Å². The monoisotopic (exact) mass is 287 g/mol. The zero-order valence-corrected chi connectivity index (χ0v) is 12.5. The Labute approximate surface area is 125 Å². The number of methoxy groups -OCH3 is 1. The van der Waals surface area contributed by atoms with Gasteiger partial charge >= 0.3 is 0 Å². The minimum atomic E-state index is -0.520. The molecule has 2 rings (SSSR count). The molecule has 1 N–H and O–H groups in total. The van der Waals surface area contributed by atoms with Crippen LogP contribution in [-0.2, 0) is 9.53 Å². The Balaban J connectivity index is 1.91. The minimum Gasteiger partial charge on any atom is -0.481 e. The number of fused-ring (bicyclic) bond motifs is 1. The van der Waals surface area contributed by atoms with E-state index >= 15 is 0 Å². The number of ether oxygens (including phenoxy) is 2. The topological polar surface area (TPSA) is 47.6 Å². The summed E-state index contributed by atoms with van der Waals surface area (Å²) < 4.78 is 10.6. The molecule has 0 heterocycles. The lowest BCUT2D eigenvalue weighted by Gasteiger charge is -2.15. The fourth-order valence-electron chi connectivity index (χ4n) is 2.07. The van der Waals surface area contributed by atoms with Crippen molar-refractivity contribution >= 4 is 16.7 Å². The maximum atomic E-state index is 11.9. The summed E-state index contributed by atoms with van der Waals surface area (Å²) in [5.74, 6) is 0.590. The molecule has 0 aliphatic rings. The molecule has 0 radical (unpaired) electrons. The molecule has 0 fully saturated rings. The first-order valence-electron chi connectivity index (χ1n) is 7.13. The highest BCUT2D eigenvalue weighted by Gasteiger charge is 2.13. The predicted octanol–water partition coefficient (Wildman–Crippen LogP) is 2.76. The van der Waals surface area contributed by atoms with Gasteiger partial charge in [-0.15, -0.1) is 0 Å². The quantitative estimate of drug-likeness (QED) is 0.797. The van der Waals surface area contributed by atoms with E-state index in [-0.39, 0.29) is 5.91 Å². The van der Waals surface area contributed by atoms with Crippen LogP contribution in [0.5, 0.6) is 5.75 Å². The number of amides is 1. The fourth-order valence-corrected chi connectivity index (χ4v) is 2.07. The molecule has 0 aliphatic heterocycles. The predicted molar refractivity (Wildman–Crippen MR) is 83.5 cm³/mol. The molecule has 0 aromatic heterocycles. The smallest absolute Gasteiger partial charge is 0.260 e. The molecule has 2 aromatic carbocycles. The van der Waals surface area contributed by atoms with Crippen molar-refractivity contribution in [1.29, 1.82) is 0 Å². The zero-order chi connectivity index (χ0) is 15.1. The first kappa shape index (κ1) is 15.3. The summed E-state index contributed by atoms with van der Waals surface area (Å²) in [7, 11) is 1.65. The highest BCUT2D eigenvalue weighted by atomic mass is 16.5. The van der Waals surface area contributed by atoms with Crippen LogP contribution in [0.15, 0.2) is 42.5 Å². The molecule has 0 aliphatic carbocycles. The second-order valence-corrected chi connectivity index (χ2v) is 4.91. The maximum absolute atomic E-state index is 11.9. The van der Waals surface area contributed by atoms with Crippen LogP contribution in [0.1, 0.15) is 13.3 Å². The molecule has 2 aromatic rings. The Bertz CT molecular complexity index is 597. The van der Waals surface area contributed by atoms with Gasteiger partial charge in [-0.25, -0.2) is 0 Å². The third kappa shape index (κ3) is 4.46. The molecule has 1 amide bonds. The summed E-state index contributed by atoms with van der Waals surface area (Å²) in [6, 6.07) is 13.9. The molecule has 4 nitrogen and oxygen atoms in total. The van der Waals surface area contributed by atoms with E-state index in [9.17, 15) is 4.79 Å². The molecule has 1 atom stereocenters. The number of carbonyl (C=O) groups is 1. The lowest BCUT2D eigenvalue weighted by Crippen LogP contribution is -2.37. The highest BCUT2D eigenvalue weighted by Crippen LogP contribution is 2.21. The van der Waals surface area contributed by atoms with Gasteiger partial charge in [-0.3, -0.25) is 4.79 Å². The Morgan fingerprint density at radius 3 is 2.71 bits per heavy atom. The molecule has 0 unspecified atom stereocenters. The minimum absolute atomic E-state index is 0.112. The Hall–Kier alpha value is -2.07. The average Bonchev–Trinajstić information content (AvgIpc) is 2.51. The van der Waals surface area contributed by atoms with Gasteiger partial charge in [0.15, 0.2) is 6.10 Å². The van der Waals surface area contributed by atoms with E-state index in [0.717, 1.165) is 17.2 Å². The highest BCUT2D eigenvalue weighted by molar-refractivity contribution is 5.84. The molecule has 0 bridgehead atoms. The van der Waals surface area contributed by atoms with Crippen molar-refractivity contribution in [2.45, 2.75) is 19.4 Å². The van der Waals surface area contributed by atoms with E-state index in [1.165, 1.54) is 0 Å². The summed E-state index contributed by atoms with van der Waals surface area (Å²) in [5, 5.41) is 5.08. The molecule has 0 saturated carbocycles. The summed E-state index contributed by atoms with van der Waals surface area (Å²) >= 11 is 0. The first-order valence-corrected chi connectivity index (χ1v) is 7.13. The summed E-state index contributed by atoms with van der Waals surface area (Å²) in [5.41, 5.74) is 0. The van der Waals surface area contributed by atoms with Crippen molar-refractivity contribution in [1.82, 2.24) is 5.32 Å². The van der Waals surface area contributed by atoms with Crippen molar-refractivity contribution in [2.75, 3.05) is 20.3 Å². The third-order valence-corrected chi connectivity index (χ3v) is 3.23. The molecule has 112 valence electrons. The lowest BCUT2D eigenvalue weighted by atomic mass is 10.1. The second-order valence-electron chi connectivity index (χ2n) is 4.91. The molecule has 0 saturated heterocycles. The van der Waals surface area contributed by atoms with Gasteiger partial charge in [-0.05, 0) is 36.2 Å². The second kappa shape index (κ2) is 7.64. The number of hydrogen-bond donors (Lipinski definition) is 1. The Morgan fingerprint density at radius 2 is 1.95 bits per heavy atom. The third-order valence-electron chi connectivity index (χ3n) is 3.23. The van der Waals surface area contributed by atoms with Crippen molar-refractivity contribution < 1.29 is 14.3 Å². The molecule has 21 heavy (non-hydrogen) atoms. The van der Waals surface area contributed by atoms with E-state index in [2.05, 4.69) is 5.32 Å². The van der Waals surface area contributed by atoms with Crippen molar-refractivity contribution in [2.24, 2.45) is 0 Å². The van der Waals surface area contributed by atoms with Crippen LogP contribution < -0.4 is 10.1 Å². The first-order chi connectivity index (χ1) is 10.2. The molecule has 0 spiro atoms. The fraction of sp³-hybridized carbons (Fsp3) is 0.353. The Kier molecular flexibility index (Phi) is 5.58. The summed E-state index contributed by atoms with van der Waals surface area (Å²) in [6.45, 7) is 2.99. The summed E-state index contributed by atoms with van der Waals surface area (Å²) in [4.78, 5) is 11.9. The van der Waals surface area contributed by atoms with Crippen LogP contribution in [0.25, 0.3) is 10.8 Å². The van der Waals surface area contributed by atoms with Crippen molar-refractivity contribution in [3.63, 3.8) is 0 Å². The number of rotatable bonds is 7. The van der Waals surface area contributed by atoms with Crippen molar-refractivity contribution in [3.05, 3.63) is 42.5 Å². The van der Waals surface area contributed by atoms with E-state index in [1.807, 2.05) is 42.5 Å². The van der Waals surface area contributed by atoms with E-state index in [4.69, 9.17) is 9.47 Å². The Morgan fingerprint density at radius 1 is 1.19 bits per heavy atom. The van der Waals surface area contributed by atoms with Gasteiger partial charge in [0.05, 0.1) is 0 Å². The van der Waals surface area contributed by atoms with Crippen LogP contribution in [0, 0.1) is 0 Å². The van der Waals surface area contributed by atoms with Crippen LogP contribution in [0.4, 0.5) is 0 Å². The van der Waals surface area contributed by atoms with Crippen LogP contribution in [0.2, 0.25) is 0 Å². The standard InChI is InChI=1S/C17H21NO3/c1-13(17(19)18-10-5-11-20-2)21-16-9-8-14-6-3-4-7-15(14)12-16/h3-4,6-9,12-13H,5,10-11H2,1-2H3,(H,18,19)/t13-/m0/s1. The largest absolute Gasteiger partial charge is 0.481 e. The van der Waals surface area contributed by atoms with Gasteiger partial charge in [0.2, 0.25) is 0 Å². The van der Waals surface area contributed by atoms with Gasteiger partial charge in [-0.2, -0.15) is 0 Å². The van der Waals surface area contributed by atoms with Gasteiger partial charge in [0.1, 0.15) is 5.75 Å². The normalized spacial score (nSPS) is 12.1. The molecular formula is C17H21NO3. The van der Waals surface area contributed by atoms with Crippen LogP contribution >= 0.6 is 0 Å². The zero-order valence-electron chi connectivity index (χ0n) is 12.5. The van der Waals surface area contributed by atoms with E-state index in [1.54, 1.807) is 14.0 Å². The van der Waals surface area contributed by atoms with Gasteiger partial charge < -0.3 is 14.8 Å². The van der Waals surface area contributed by atoms with Crippen LogP contribution in [-0.4, -0.2) is 32.3 Å². The number of benzene rings is 2. The molecule has 4 heteroatoms.